The third kappa shape index (κ3) is 3.70. The summed E-state index contributed by atoms with van der Waals surface area (Å²) in [7, 11) is 1.94. The number of hydrogen-bond donors (Lipinski definition) is 0. The van der Waals surface area contributed by atoms with Crippen molar-refractivity contribution >= 4 is 5.91 Å². The molecule has 3 aromatic rings. The Kier molecular flexibility index (Phi) is 5.24. The lowest BCUT2D eigenvalue weighted by Gasteiger charge is -2.24. The lowest BCUT2D eigenvalue weighted by atomic mass is 9.98. The van der Waals surface area contributed by atoms with Gasteiger partial charge in [0.05, 0.1) is 11.7 Å². The molecule has 1 aromatic carbocycles. The second-order valence-electron chi connectivity index (χ2n) is 7.52. The molecule has 1 saturated heterocycles. The number of likely N-dealkylation sites (tertiary alicyclic amines) is 1. The van der Waals surface area contributed by atoms with Gasteiger partial charge in [-0.05, 0) is 48.9 Å². The van der Waals surface area contributed by atoms with Crippen molar-refractivity contribution in [3.05, 3.63) is 71.8 Å². The number of nitrogens with zero attached hydrogens (tertiary/aromatic N) is 4. The highest BCUT2D eigenvalue weighted by atomic mass is 16.2. The lowest BCUT2D eigenvalue weighted by Crippen LogP contribution is -2.31. The van der Waals surface area contributed by atoms with Gasteiger partial charge < -0.3 is 4.90 Å². The second-order valence-corrected chi connectivity index (χ2v) is 7.52. The fraction of sp³-hybridized carbons (Fsp3) is 0.348. The Hall–Kier alpha value is -2.95. The van der Waals surface area contributed by atoms with E-state index in [1.165, 1.54) is 5.56 Å². The summed E-state index contributed by atoms with van der Waals surface area (Å²) in [5.41, 5.74) is 5.58. The van der Waals surface area contributed by atoms with Crippen molar-refractivity contribution in [3.8, 4) is 11.1 Å². The molecule has 4 rings (SSSR count). The van der Waals surface area contributed by atoms with E-state index in [9.17, 15) is 4.79 Å². The Morgan fingerprint density at radius 3 is 2.79 bits per heavy atom. The zero-order chi connectivity index (χ0) is 19.5. The Morgan fingerprint density at radius 2 is 2.00 bits per heavy atom. The maximum absolute atomic E-state index is 13.0. The van der Waals surface area contributed by atoms with Crippen LogP contribution in [-0.2, 0) is 18.3 Å². The third-order valence-electron chi connectivity index (χ3n) is 5.53. The van der Waals surface area contributed by atoms with Crippen LogP contribution >= 0.6 is 0 Å². The summed E-state index contributed by atoms with van der Waals surface area (Å²) in [5, 5.41) is 4.76. The first-order valence-corrected chi connectivity index (χ1v) is 9.91. The fourth-order valence-corrected chi connectivity index (χ4v) is 4.12. The molecule has 28 heavy (non-hydrogen) atoms. The molecule has 1 aliphatic rings. The lowest BCUT2D eigenvalue weighted by molar-refractivity contribution is -0.132. The van der Waals surface area contributed by atoms with Crippen LogP contribution in [-0.4, -0.2) is 32.1 Å². The van der Waals surface area contributed by atoms with Gasteiger partial charge in [0.25, 0.3) is 0 Å². The predicted octanol–water partition coefficient (Wildman–Crippen LogP) is 4.09. The SMILES string of the molecule is Cc1cnccc1-c1cn(C)nc1C1CCCN1C(=O)CCc1ccccc1. The quantitative estimate of drug-likeness (QED) is 0.676. The van der Waals surface area contributed by atoms with Gasteiger partial charge in [-0.2, -0.15) is 5.10 Å². The van der Waals surface area contributed by atoms with Crippen molar-refractivity contribution < 1.29 is 4.79 Å². The van der Waals surface area contributed by atoms with E-state index >= 15 is 0 Å². The molecule has 0 bridgehead atoms. The number of benzene rings is 1. The molecule has 0 aliphatic carbocycles. The van der Waals surface area contributed by atoms with Crippen LogP contribution < -0.4 is 0 Å². The topological polar surface area (TPSA) is 51.0 Å². The van der Waals surface area contributed by atoms with Gasteiger partial charge in [0.2, 0.25) is 5.91 Å². The molecule has 2 aromatic heterocycles. The fourth-order valence-electron chi connectivity index (χ4n) is 4.12. The zero-order valence-electron chi connectivity index (χ0n) is 16.5. The van der Waals surface area contributed by atoms with Crippen LogP contribution in [0.1, 0.15) is 42.1 Å². The van der Waals surface area contributed by atoms with E-state index in [1.807, 2.05) is 53.3 Å². The molecule has 1 amide bonds. The van der Waals surface area contributed by atoms with Crippen LogP contribution in [0.2, 0.25) is 0 Å². The van der Waals surface area contributed by atoms with E-state index in [4.69, 9.17) is 5.10 Å². The van der Waals surface area contributed by atoms with Crippen molar-refractivity contribution in [2.75, 3.05) is 6.54 Å². The van der Waals surface area contributed by atoms with Gasteiger partial charge in [0, 0.05) is 44.2 Å². The minimum Gasteiger partial charge on any atom is -0.334 e. The summed E-state index contributed by atoms with van der Waals surface area (Å²) in [6, 6.07) is 12.3. The molecule has 3 heterocycles. The third-order valence-corrected chi connectivity index (χ3v) is 5.53. The maximum atomic E-state index is 13.0. The minimum atomic E-state index is 0.0482. The smallest absolute Gasteiger partial charge is 0.223 e. The maximum Gasteiger partial charge on any atom is 0.223 e. The van der Waals surface area contributed by atoms with Crippen molar-refractivity contribution in [2.24, 2.45) is 7.05 Å². The summed E-state index contributed by atoms with van der Waals surface area (Å²) in [5.74, 6) is 0.217. The summed E-state index contributed by atoms with van der Waals surface area (Å²) < 4.78 is 1.86. The van der Waals surface area contributed by atoms with Crippen molar-refractivity contribution in [1.82, 2.24) is 19.7 Å². The Morgan fingerprint density at radius 1 is 1.18 bits per heavy atom. The van der Waals surface area contributed by atoms with Crippen LogP contribution in [0.25, 0.3) is 11.1 Å². The first-order valence-electron chi connectivity index (χ1n) is 9.91. The van der Waals surface area contributed by atoms with Gasteiger partial charge in [0.15, 0.2) is 0 Å². The normalized spacial score (nSPS) is 16.5. The standard InChI is InChI=1S/C23H26N4O/c1-17-15-24-13-12-19(17)20-16-26(2)25-23(20)21-9-6-14-27(21)22(28)11-10-18-7-4-3-5-8-18/h3-5,7-8,12-13,15-16,21H,6,9-11,14H2,1-2H3. The number of aromatic nitrogens is 3. The molecule has 0 saturated carbocycles. The summed E-state index contributed by atoms with van der Waals surface area (Å²) in [6.45, 7) is 2.88. The number of rotatable bonds is 5. The highest BCUT2D eigenvalue weighted by Gasteiger charge is 2.33. The van der Waals surface area contributed by atoms with E-state index < -0.39 is 0 Å². The molecule has 0 N–H and O–H groups in total. The molecule has 1 fully saturated rings. The molecule has 1 aliphatic heterocycles. The molecule has 1 atom stereocenters. The predicted molar refractivity (Wildman–Crippen MR) is 110 cm³/mol. The largest absolute Gasteiger partial charge is 0.334 e. The van der Waals surface area contributed by atoms with E-state index in [0.717, 1.165) is 48.2 Å². The van der Waals surface area contributed by atoms with Crippen molar-refractivity contribution in [1.29, 1.82) is 0 Å². The van der Waals surface area contributed by atoms with Crippen LogP contribution in [0.15, 0.2) is 55.0 Å². The molecule has 1 unspecified atom stereocenters. The average molecular weight is 374 g/mol. The van der Waals surface area contributed by atoms with Crippen LogP contribution in [0.5, 0.6) is 0 Å². The number of hydrogen-bond acceptors (Lipinski definition) is 3. The van der Waals surface area contributed by atoms with E-state index in [1.54, 1.807) is 0 Å². The molecule has 5 nitrogen and oxygen atoms in total. The van der Waals surface area contributed by atoms with Gasteiger partial charge in [0.1, 0.15) is 0 Å². The highest BCUT2D eigenvalue weighted by molar-refractivity contribution is 5.78. The first kappa shape index (κ1) is 18.4. The molecule has 144 valence electrons. The van der Waals surface area contributed by atoms with Gasteiger partial charge >= 0.3 is 0 Å². The molecule has 5 heteroatoms. The van der Waals surface area contributed by atoms with Crippen LogP contribution in [0, 0.1) is 6.92 Å². The highest BCUT2D eigenvalue weighted by Crippen LogP contribution is 2.38. The first-order chi connectivity index (χ1) is 13.6. The Labute approximate surface area is 166 Å². The van der Waals surface area contributed by atoms with Gasteiger partial charge in [-0.25, -0.2) is 0 Å². The van der Waals surface area contributed by atoms with Crippen molar-refractivity contribution in [3.63, 3.8) is 0 Å². The summed E-state index contributed by atoms with van der Waals surface area (Å²) in [4.78, 5) is 19.2. The number of carbonyl (C=O) groups excluding carboxylic acids is 1. The Balaban J connectivity index is 1.57. The van der Waals surface area contributed by atoms with E-state index in [0.29, 0.717) is 6.42 Å². The summed E-state index contributed by atoms with van der Waals surface area (Å²) in [6.07, 6.45) is 9.05. The molecular weight excluding hydrogens is 348 g/mol. The second kappa shape index (κ2) is 7.97. The molecule has 0 spiro atoms. The number of pyridine rings is 1. The minimum absolute atomic E-state index is 0.0482. The van der Waals surface area contributed by atoms with E-state index in [-0.39, 0.29) is 11.9 Å². The monoisotopic (exact) mass is 374 g/mol. The Bertz CT molecular complexity index is 964. The van der Waals surface area contributed by atoms with Crippen LogP contribution in [0.3, 0.4) is 0 Å². The molecular formula is C23H26N4O. The molecule has 0 radical (unpaired) electrons. The van der Waals surface area contributed by atoms with Gasteiger partial charge in [-0.3, -0.25) is 14.5 Å². The van der Waals surface area contributed by atoms with E-state index in [2.05, 4.69) is 30.2 Å². The average Bonchev–Trinajstić information content (AvgIpc) is 3.34. The number of aryl methyl sites for hydroxylation is 3. The van der Waals surface area contributed by atoms with Crippen molar-refractivity contribution in [2.45, 2.75) is 38.6 Å². The van der Waals surface area contributed by atoms with Gasteiger partial charge in [-0.15, -0.1) is 0 Å². The summed E-state index contributed by atoms with van der Waals surface area (Å²) >= 11 is 0. The number of carbonyl (C=O) groups is 1. The van der Waals surface area contributed by atoms with Crippen LogP contribution in [0.4, 0.5) is 0 Å². The number of amides is 1. The zero-order valence-corrected chi connectivity index (χ0v) is 16.5. The van der Waals surface area contributed by atoms with Gasteiger partial charge in [-0.1, -0.05) is 30.3 Å².